The highest BCUT2D eigenvalue weighted by Gasteiger charge is 2.30. The largest absolute Gasteiger partial charge is 0.443 e. The molecule has 0 radical (unpaired) electrons. The van der Waals surface area contributed by atoms with Gasteiger partial charge in [-0.15, -0.1) is 0 Å². The van der Waals surface area contributed by atoms with Crippen molar-refractivity contribution in [1.29, 1.82) is 0 Å². The summed E-state index contributed by atoms with van der Waals surface area (Å²) >= 11 is 0. The summed E-state index contributed by atoms with van der Waals surface area (Å²) < 4.78 is 5.19. The van der Waals surface area contributed by atoms with Gasteiger partial charge in [0.15, 0.2) is 5.78 Å². The van der Waals surface area contributed by atoms with E-state index in [1.807, 2.05) is 6.07 Å². The smallest absolute Gasteiger partial charge is 0.426 e. The third-order valence-electron chi connectivity index (χ3n) is 2.55. The van der Waals surface area contributed by atoms with Gasteiger partial charge in [-0.1, -0.05) is 30.3 Å². The topological polar surface area (TPSA) is 84.7 Å². The Morgan fingerprint density at radius 2 is 1.80 bits per heavy atom. The van der Waals surface area contributed by atoms with Crippen LogP contribution in [0, 0.1) is 0 Å². The first-order valence-corrected chi connectivity index (χ1v) is 6.34. The van der Waals surface area contributed by atoms with Crippen LogP contribution in [0.4, 0.5) is 4.79 Å². The number of hydrogen-bond acceptors (Lipinski definition) is 5. The van der Waals surface area contributed by atoms with Crippen LogP contribution in [-0.4, -0.2) is 28.5 Å². The molecule has 0 aliphatic heterocycles. The number of nitrogens with two attached hydrogens (primary N) is 1. The van der Waals surface area contributed by atoms with Crippen molar-refractivity contribution >= 4 is 11.9 Å². The van der Waals surface area contributed by atoms with Gasteiger partial charge < -0.3 is 4.74 Å². The molecule has 1 unspecified atom stereocenters. The molecular weight excluding hydrogens is 258 g/mol. The minimum Gasteiger partial charge on any atom is -0.443 e. The monoisotopic (exact) mass is 279 g/mol. The van der Waals surface area contributed by atoms with Gasteiger partial charge in [-0.3, -0.25) is 10.6 Å². The zero-order valence-corrected chi connectivity index (χ0v) is 12.2. The number of ketones is 1. The Bertz CT molecular complexity index is 468. The molecule has 0 spiro atoms. The summed E-state index contributed by atoms with van der Waals surface area (Å²) in [6.45, 7) is 6.80. The molecule has 0 bridgehead atoms. The molecule has 0 aliphatic carbocycles. The predicted octanol–water partition coefficient (Wildman–Crippen LogP) is 1.87. The Morgan fingerprint density at radius 3 is 2.25 bits per heavy atom. The zero-order chi connectivity index (χ0) is 15.3. The molecule has 1 rings (SSSR count). The van der Waals surface area contributed by atoms with Crippen LogP contribution >= 0.6 is 0 Å². The molecule has 110 valence electrons. The predicted molar refractivity (Wildman–Crippen MR) is 75.6 cm³/mol. The lowest BCUT2D eigenvalue weighted by Crippen LogP contribution is -2.55. The van der Waals surface area contributed by atoms with E-state index in [0.717, 1.165) is 5.01 Å². The summed E-state index contributed by atoms with van der Waals surface area (Å²) in [6, 6.07) is 7.91. The van der Waals surface area contributed by atoms with E-state index in [0.29, 0.717) is 5.56 Å². The summed E-state index contributed by atoms with van der Waals surface area (Å²) in [5, 5.41) is 0.973. The fourth-order valence-electron chi connectivity index (χ4n) is 1.59. The van der Waals surface area contributed by atoms with Crippen LogP contribution in [0.5, 0.6) is 0 Å². The summed E-state index contributed by atoms with van der Waals surface area (Å²) in [4.78, 5) is 24.2. The number of hydrogen-bond donors (Lipinski definition) is 2. The molecule has 0 aromatic heterocycles. The van der Waals surface area contributed by atoms with Gasteiger partial charge in [-0.05, 0) is 27.7 Å². The number of Topliss-reactive ketones (excluding diaryl/α,β-unsaturated/α-hetero) is 1. The Hall–Kier alpha value is -1.92. The molecule has 3 N–H and O–H groups in total. The lowest BCUT2D eigenvalue weighted by atomic mass is 10.1. The Labute approximate surface area is 118 Å². The third kappa shape index (κ3) is 4.32. The van der Waals surface area contributed by atoms with E-state index in [4.69, 9.17) is 10.6 Å². The second kappa shape index (κ2) is 6.49. The van der Waals surface area contributed by atoms with E-state index >= 15 is 0 Å². The average Bonchev–Trinajstić information content (AvgIpc) is 2.37. The second-order valence-corrected chi connectivity index (χ2v) is 5.39. The molecular formula is C14H21N3O3. The third-order valence-corrected chi connectivity index (χ3v) is 2.55. The van der Waals surface area contributed by atoms with E-state index < -0.39 is 17.7 Å². The highest BCUT2D eigenvalue weighted by atomic mass is 16.6. The fraction of sp³-hybridized carbons (Fsp3) is 0.429. The van der Waals surface area contributed by atoms with E-state index in [1.54, 1.807) is 52.0 Å². The van der Waals surface area contributed by atoms with Crippen LogP contribution in [0.15, 0.2) is 30.3 Å². The first-order valence-electron chi connectivity index (χ1n) is 6.34. The number of benzene rings is 1. The number of carbonyl (C=O) groups excluding carboxylic acids is 2. The molecule has 0 saturated carbocycles. The number of carbonyl (C=O) groups is 2. The maximum atomic E-state index is 12.3. The van der Waals surface area contributed by atoms with Gasteiger partial charge in [0.1, 0.15) is 11.6 Å². The lowest BCUT2D eigenvalue weighted by molar-refractivity contribution is 0.00466. The molecule has 1 atom stereocenters. The van der Waals surface area contributed by atoms with Crippen LogP contribution in [0.1, 0.15) is 38.1 Å². The van der Waals surface area contributed by atoms with Gasteiger partial charge in [0, 0.05) is 5.56 Å². The van der Waals surface area contributed by atoms with Gasteiger partial charge in [-0.25, -0.2) is 9.80 Å². The van der Waals surface area contributed by atoms with Crippen molar-refractivity contribution in [1.82, 2.24) is 10.5 Å². The number of rotatable bonds is 4. The van der Waals surface area contributed by atoms with Gasteiger partial charge in [0.2, 0.25) is 0 Å². The van der Waals surface area contributed by atoms with Crippen molar-refractivity contribution in [2.24, 2.45) is 5.84 Å². The number of ether oxygens (including phenoxy) is 1. The number of nitrogens with one attached hydrogen (secondary N) is 1. The summed E-state index contributed by atoms with van der Waals surface area (Å²) in [5.74, 6) is 5.10. The minimum atomic E-state index is -0.780. The van der Waals surface area contributed by atoms with Crippen molar-refractivity contribution in [3.63, 3.8) is 0 Å². The first kappa shape index (κ1) is 16.1. The molecule has 6 nitrogen and oxygen atoms in total. The van der Waals surface area contributed by atoms with Crippen molar-refractivity contribution in [3.05, 3.63) is 35.9 Å². The van der Waals surface area contributed by atoms with Crippen LogP contribution in [-0.2, 0) is 4.74 Å². The van der Waals surface area contributed by atoms with E-state index in [9.17, 15) is 9.59 Å². The van der Waals surface area contributed by atoms with Crippen LogP contribution in [0.3, 0.4) is 0 Å². The molecule has 20 heavy (non-hydrogen) atoms. The van der Waals surface area contributed by atoms with E-state index in [1.165, 1.54) is 0 Å². The molecule has 0 saturated heterocycles. The van der Waals surface area contributed by atoms with Crippen LogP contribution < -0.4 is 11.4 Å². The molecule has 6 heteroatoms. The van der Waals surface area contributed by atoms with Crippen molar-refractivity contribution in [2.75, 3.05) is 0 Å². The minimum absolute atomic E-state index is 0.227. The molecule has 1 aromatic carbocycles. The SMILES string of the molecule is CC(C(=O)c1ccccc1)N(NN)C(=O)OC(C)(C)C. The number of amides is 1. The number of nitrogens with zero attached hydrogens (tertiary/aromatic N) is 1. The van der Waals surface area contributed by atoms with Gasteiger partial charge in [0.25, 0.3) is 0 Å². The van der Waals surface area contributed by atoms with Crippen molar-refractivity contribution in [2.45, 2.75) is 39.3 Å². The quantitative estimate of drug-likeness (QED) is 0.499. The summed E-state index contributed by atoms with van der Waals surface area (Å²) in [5.41, 5.74) is 2.05. The first-order chi connectivity index (χ1) is 9.26. The fourth-order valence-corrected chi connectivity index (χ4v) is 1.59. The van der Waals surface area contributed by atoms with Gasteiger partial charge in [0.05, 0.1) is 0 Å². The zero-order valence-electron chi connectivity index (χ0n) is 12.2. The Kier molecular flexibility index (Phi) is 5.24. The van der Waals surface area contributed by atoms with Crippen molar-refractivity contribution in [3.8, 4) is 0 Å². The molecule has 0 heterocycles. The van der Waals surface area contributed by atoms with Gasteiger partial charge >= 0.3 is 6.09 Å². The molecule has 0 fully saturated rings. The summed E-state index contributed by atoms with van der Waals surface area (Å²) in [7, 11) is 0. The van der Waals surface area contributed by atoms with Crippen LogP contribution in [0.25, 0.3) is 0 Å². The maximum absolute atomic E-state index is 12.3. The highest BCUT2D eigenvalue weighted by Crippen LogP contribution is 2.13. The second-order valence-electron chi connectivity index (χ2n) is 5.39. The van der Waals surface area contributed by atoms with E-state index in [-0.39, 0.29) is 5.78 Å². The van der Waals surface area contributed by atoms with Crippen molar-refractivity contribution < 1.29 is 14.3 Å². The van der Waals surface area contributed by atoms with Crippen LogP contribution in [0.2, 0.25) is 0 Å². The Morgan fingerprint density at radius 1 is 1.25 bits per heavy atom. The average molecular weight is 279 g/mol. The standard InChI is InChI=1S/C14H21N3O3/c1-10(12(18)11-8-6-5-7-9-11)17(16-15)13(19)20-14(2,3)4/h5-10,16H,15H2,1-4H3. The molecule has 1 amide bonds. The molecule has 1 aromatic rings. The Balaban J connectivity index is 2.84. The molecule has 0 aliphatic rings. The van der Waals surface area contributed by atoms with E-state index in [2.05, 4.69) is 5.53 Å². The summed E-state index contributed by atoms with van der Waals surface area (Å²) in [6.07, 6.45) is -0.697. The lowest BCUT2D eigenvalue weighted by Gasteiger charge is -2.29. The number of hydrazine groups is 2. The van der Waals surface area contributed by atoms with Gasteiger partial charge in [-0.2, -0.15) is 5.53 Å². The normalized spacial score (nSPS) is 12.7. The maximum Gasteiger partial charge on any atom is 0.426 e. The highest BCUT2D eigenvalue weighted by molar-refractivity contribution is 6.01.